The highest BCUT2D eigenvalue weighted by molar-refractivity contribution is 5.98. The summed E-state index contributed by atoms with van der Waals surface area (Å²) in [5.41, 5.74) is -1.31. The van der Waals surface area contributed by atoms with Crippen LogP contribution >= 0.6 is 0 Å². The molecule has 0 spiro atoms. The molecule has 1 aromatic carbocycles. The molecule has 0 radical (unpaired) electrons. The van der Waals surface area contributed by atoms with Gasteiger partial charge in [0.25, 0.3) is 0 Å². The molecule has 2 fully saturated rings. The standard InChI is InChI=1S/C14H12F5NO/c15-9-8(10(16)12(18)13(19)11(9)17)14(21)5-3-6-1-2-7(4-5)20-6/h5-7,20H,1-4H2. The highest BCUT2D eigenvalue weighted by Crippen LogP contribution is 2.34. The summed E-state index contributed by atoms with van der Waals surface area (Å²) < 4.78 is 66.7. The molecule has 2 saturated heterocycles. The largest absolute Gasteiger partial charge is 0.311 e. The predicted octanol–water partition coefficient (Wildman–Crippen LogP) is 3.10. The molecule has 114 valence electrons. The number of carbonyl (C=O) groups is 1. The van der Waals surface area contributed by atoms with Gasteiger partial charge in [0, 0.05) is 18.0 Å². The van der Waals surface area contributed by atoms with Crippen LogP contribution in [0.5, 0.6) is 0 Å². The molecule has 21 heavy (non-hydrogen) atoms. The van der Waals surface area contributed by atoms with Crippen molar-refractivity contribution >= 4 is 5.78 Å². The van der Waals surface area contributed by atoms with E-state index in [1.807, 2.05) is 0 Å². The molecular weight excluding hydrogens is 293 g/mol. The second kappa shape index (κ2) is 5.05. The van der Waals surface area contributed by atoms with Crippen molar-refractivity contribution < 1.29 is 26.7 Å². The summed E-state index contributed by atoms with van der Waals surface area (Å²) >= 11 is 0. The van der Waals surface area contributed by atoms with E-state index in [-0.39, 0.29) is 12.1 Å². The fraction of sp³-hybridized carbons (Fsp3) is 0.500. The number of hydrogen-bond acceptors (Lipinski definition) is 2. The van der Waals surface area contributed by atoms with Crippen LogP contribution in [-0.2, 0) is 0 Å². The van der Waals surface area contributed by atoms with Gasteiger partial charge >= 0.3 is 0 Å². The zero-order chi connectivity index (χ0) is 15.3. The van der Waals surface area contributed by atoms with E-state index in [0.717, 1.165) is 12.8 Å². The van der Waals surface area contributed by atoms with Crippen LogP contribution < -0.4 is 5.32 Å². The summed E-state index contributed by atoms with van der Waals surface area (Å²) in [4.78, 5) is 12.2. The van der Waals surface area contributed by atoms with Crippen LogP contribution in [0.15, 0.2) is 0 Å². The van der Waals surface area contributed by atoms with E-state index < -0.39 is 46.4 Å². The number of rotatable bonds is 2. The Kier molecular flexibility index (Phi) is 3.47. The third-order valence-corrected chi connectivity index (χ3v) is 4.30. The number of carbonyl (C=O) groups excluding carboxylic acids is 1. The predicted molar refractivity (Wildman–Crippen MR) is 63.2 cm³/mol. The molecule has 0 saturated carbocycles. The SMILES string of the molecule is O=C(c1c(F)c(F)c(F)c(F)c1F)C1CC2CCC(C1)N2. The minimum atomic E-state index is -2.24. The van der Waals surface area contributed by atoms with Crippen molar-refractivity contribution in [2.75, 3.05) is 0 Å². The van der Waals surface area contributed by atoms with Gasteiger partial charge in [0.2, 0.25) is 5.82 Å². The number of ketones is 1. The van der Waals surface area contributed by atoms with Gasteiger partial charge in [0.05, 0.1) is 5.56 Å². The lowest BCUT2D eigenvalue weighted by Gasteiger charge is -2.28. The first-order valence-corrected chi connectivity index (χ1v) is 6.71. The Bertz CT molecular complexity index is 577. The Hall–Kier alpha value is -1.50. The summed E-state index contributed by atoms with van der Waals surface area (Å²) in [5.74, 6) is -12.2. The summed E-state index contributed by atoms with van der Waals surface area (Å²) in [6.07, 6.45) is 2.42. The molecule has 0 amide bonds. The highest BCUT2D eigenvalue weighted by Gasteiger charge is 2.40. The third-order valence-electron chi connectivity index (χ3n) is 4.30. The average Bonchev–Trinajstić information content (AvgIpc) is 2.81. The van der Waals surface area contributed by atoms with Gasteiger partial charge in [-0.1, -0.05) is 0 Å². The number of piperidine rings is 1. The maximum atomic E-state index is 13.7. The van der Waals surface area contributed by atoms with Gasteiger partial charge in [-0.3, -0.25) is 4.79 Å². The summed E-state index contributed by atoms with van der Waals surface area (Å²) in [5, 5.41) is 3.24. The maximum absolute atomic E-state index is 13.7. The van der Waals surface area contributed by atoms with Gasteiger partial charge in [-0.2, -0.15) is 0 Å². The van der Waals surface area contributed by atoms with Crippen molar-refractivity contribution in [1.82, 2.24) is 5.32 Å². The summed E-state index contributed by atoms with van der Waals surface area (Å²) in [7, 11) is 0. The number of benzene rings is 1. The molecule has 2 nitrogen and oxygen atoms in total. The van der Waals surface area contributed by atoms with Crippen LogP contribution in [-0.4, -0.2) is 17.9 Å². The maximum Gasteiger partial charge on any atom is 0.200 e. The van der Waals surface area contributed by atoms with E-state index in [9.17, 15) is 26.7 Å². The second-order valence-corrected chi connectivity index (χ2v) is 5.62. The number of halogens is 5. The van der Waals surface area contributed by atoms with Crippen molar-refractivity contribution in [2.24, 2.45) is 5.92 Å². The lowest BCUT2D eigenvalue weighted by molar-refractivity contribution is 0.0863. The topological polar surface area (TPSA) is 29.1 Å². The molecule has 1 N–H and O–H groups in total. The zero-order valence-electron chi connectivity index (χ0n) is 10.9. The molecule has 2 bridgehead atoms. The Labute approximate surface area is 117 Å². The average molecular weight is 305 g/mol. The Balaban J connectivity index is 1.99. The lowest BCUT2D eigenvalue weighted by atomic mass is 9.85. The molecule has 1 aromatic rings. The second-order valence-electron chi connectivity index (χ2n) is 5.62. The van der Waals surface area contributed by atoms with E-state index in [1.165, 1.54) is 0 Å². The molecular formula is C14H12F5NO. The summed E-state index contributed by atoms with van der Waals surface area (Å²) in [6.45, 7) is 0. The van der Waals surface area contributed by atoms with Crippen LogP contribution in [0.4, 0.5) is 22.0 Å². The minimum Gasteiger partial charge on any atom is -0.311 e. The quantitative estimate of drug-likeness (QED) is 0.394. The molecule has 0 aromatic heterocycles. The van der Waals surface area contributed by atoms with Crippen LogP contribution in [0, 0.1) is 35.0 Å². The first kappa shape index (κ1) is 14.4. The van der Waals surface area contributed by atoms with Crippen LogP contribution in [0.25, 0.3) is 0 Å². The zero-order valence-corrected chi connectivity index (χ0v) is 10.9. The van der Waals surface area contributed by atoms with Crippen molar-refractivity contribution in [3.63, 3.8) is 0 Å². The minimum absolute atomic E-state index is 0.0685. The van der Waals surface area contributed by atoms with E-state index in [2.05, 4.69) is 5.32 Å². The van der Waals surface area contributed by atoms with E-state index in [1.54, 1.807) is 0 Å². The first-order chi connectivity index (χ1) is 9.90. The van der Waals surface area contributed by atoms with Crippen molar-refractivity contribution in [3.8, 4) is 0 Å². The normalized spacial score (nSPS) is 28.0. The molecule has 0 aliphatic carbocycles. The fourth-order valence-electron chi connectivity index (χ4n) is 3.30. The van der Waals surface area contributed by atoms with Gasteiger partial charge < -0.3 is 5.32 Å². The monoisotopic (exact) mass is 305 g/mol. The molecule has 2 unspecified atom stereocenters. The Morgan fingerprint density at radius 1 is 0.810 bits per heavy atom. The molecule has 2 heterocycles. The number of Topliss-reactive ketones (excluding diaryl/α,β-unsaturated/α-hetero) is 1. The first-order valence-electron chi connectivity index (χ1n) is 6.71. The van der Waals surface area contributed by atoms with Gasteiger partial charge in [0.15, 0.2) is 29.1 Å². The van der Waals surface area contributed by atoms with E-state index in [0.29, 0.717) is 12.8 Å². The Morgan fingerprint density at radius 3 is 1.71 bits per heavy atom. The molecule has 7 heteroatoms. The summed E-state index contributed by atoms with van der Waals surface area (Å²) in [6, 6.07) is 0.137. The Morgan fingerprint density at radius 2 is 1.24 bits per heavy atom. The lowest BCUT2D eigenvalue weighted by Crippen LogP contribution is -2.41. The third kappa shape index (κ3) is 2.23. The van der Waals surface area contributed by atoms with Crippen molar-refractivity contribution in [2.45, 2.75) is 37.8 Å². The van der Waals surface area contributed by atoms with Crippen molar-refractivity contribution in [1.29, 1.82) is 0 Å². The van der Waals surface area contributed by atoms with E-state index >= 15 is 0 Å². The van der Waals surface area contributed by atoms with Gasteiger partial charge in [-0.05, 0) is 25.7 Å². The van der Waals surface area contributed by atoms with Gasteiger partial charge in [-0.25, -0.2) is 22.0 Å². The highest BCUT2D eigenvalue weighted by atomic mass is 19.2. The smallest absolute Gasteiger partial charge is 0.200 e. The van der Waals surface area contributed by atoms with Crippen molar-refractivity contribution in [3.05, 3.63) is 34.6 Å². The fourth-order valence-corrected chi connectivity index (χ4v) is 3.30. The van der Waals surface area contributed by atoms with Crippen LogP contribution in [0.3, 0.4) is 0 Å². The number of nitrogens with one attached hydrogen (secondary N) is 1. The van der Waals surface area contributed by atoms with Crippen LogP contribution in [0.1, 0.15) is 36.0 Å². The molecule has 2 aliphatic heterocycles. The van der Waals surface area contributed by atoms with Crippen LogP contribution in [0.2, 0.25) is 0 Å². The molecule has 3 rings (SSSR count). The van der Waals surface area contributed by atoms with Gasteiger partial charge in [0.1, 0.15) is 0 Å². The molecule has 2 atom stereocenters. The van der Waals surface area contributed by atoms with Gasteiger partial charge in [-0.15, -0.1) is 0 Å². The molecule has 2 aliphatic rings. The number of hydrogen-bond donors (Lipinski definition) is 1. The van der Waals surface area contributed by atoms with E-state index in [4.69, 9.17) is 0 Å². The number of fused-ring (bicyclic) bond motifs is 2.